The van der Waals surface area contributed by atoms with Crippen LogP contribution in [0.15, 0.2) is 48.5 Å². The molecule has 0 bridgehead atoms. The summed E-state index contributed by atoms with van der Waals surface area (Å²) < 4.78 is 0. The van der Waals surface area contributed by atoms with Crippen molar-refractivity contribution < 1.29 is 4.79 Å². The van der Waals surface area contributed by atoms with Gasteiger partial charge in [-0.25, -0.2) is 0 Å². The van der Waals surface area contributed by atoms with E-state index in [0.29, 0.717) is 6.42 Å². The molecule has 0 unspecified atom stereocenters. The third-order valence-electron chi connectivity index (χ3n) is 3.52. The van der Waals surface area contributed by atoms with Crippen LogP contribution in [-0.2, 0) is 11.8 Å². The lowest BCUT2D eigenvalue weighted by molar-refractivity contribution is 0.0993. The summed E-state index contributed by atoms with van der Waals surface area (Å²) in [5, 5.41) is 0. The van der Waals surface area contributed by atoms with E-state index in [2.05, 4.69) is 45.0 Å². The fourth-order valence-electron chi connectivity index (χ4n) is 2.23. The van der Waals surface area contributed by atoms with Crippen LogP contribution in [0.5, 0.6) is 0 Å². The summed E-state index contributed by atoms with van der Waals surface area (Å²) in [7, 11) is 0. The first kappa shape index (κ1) is 14.5. The van der Waals surface area contributed by atoms with Crippen LogP contribution in [-0.4, -0.2) is 5.78 Å². The van der Waals surface area contributed by atoms with Crippen LogP contribution in [0.4, 0.5) is 0 Å². The van der Waals surface area contributed by atoms with Gasteiger partial charge in [-0.3, -0.25) is 4.79 Å². The predicted molar refractivity (Wildman–Crippen MR) is 84.4 cm³/mol. The van der Waals surface area contributed by atoms with Gasteiger partial charge in [-0.15, -0.1) is 0 Å². The Bertz CT molecular complexity index is 600. The van der Waals surface area contributed by atoms with Crippen molar-refractivity contribution in [2.45, 2.75) is 39.5 Å². The first-order valence-corrected chi connectivity index (χ1v) is 7.05. The van der Waals surface area contributed by atoms with Crippen LogP contribution in [0.1, 0.15) is 47.8 Å². The monoisotopic (exact) mass is 266 g/mol. The Labute approximate surface area is 121 Å². The van der Waals surface area contributed by atoms with E-state index in [4.69, 9.17) is 0 Å². The third-order valence-corrected chi connectivity index (χ3v) is 3.52. The van der Waals surface area contributed by atoms with E-state index in [1.807, 2.05) is 31.2 Å². The lowest BCUT2D eigenvalue weighted by Crippen LogP contribution is -2.11. The van der Waals surface area contributed by atoms with E-state index < -0.39 is 0 Å². The highest BCUT2D eigenvalue weighted by Crippen LogP contribution is 2.22. The standard InChI is InChI=1S/C19H22O/c1-14-6-5-7-16(12-14)18(20)13-15-8-10-17(11-9-15)19(2,3)4/h5-12H,13H2,1-4H3. The van der Waals surface area contributed by atoms with Crippen molar-refractivity contribution in [1.29, 1.82) is 0 Å². The number of carbonyl (C=O) groups excluding carboxylic acids is 1. The molecular weight excluding hydrogens is 244 g/mol. The smallest absolute Gasteiger partial charge is 0.167 e. The molecule has 0 aliphatic heterocycles. The van der Waals surface area contributed by atoms with Gasteiger partial charge in [0, 0.05) is 12.0 Å². The largest absolute Gasteiger partial charge is 0.294 e. The van der Waals surface area contributed by atoms with Crippen molar-refractivity contribution in [3.8, 4) is 0 Å². The van der Waals surface area contributed by atoms with Crippen LogP contribution in [0.25, 0.3) is 0 Å². The van der Waals surface area contributed by atoms with Gasteiger partial charge in [0.2, 0.25) is 0 Å². The zero-order chi connectivity index (χ0) is 14.8. The molecule has 104 valence electrons. The van der Waals surface area contributed by atoms with Gasteiger partial charge in [0.1, 0.15) is 0 Å². The molecule has 0 aromatic heterocycles. The average Bonchev–Trinajstić information content (AvgIpc) is 2.38. The van der Waals surface area contributed by atoms with Crippen LogP contribution >= 0.6 is 0 Å². The maximum atomic E-state index is 12.2. The normalized spacial score (nSPS) is 11.4. The molecule has 0 saturated carbocycles. The minimum Gasteiger partial charge on any atom is -0.294 e. The second-order valence-electron chi connectivity index (χ2n) is 6.42. The molecule has 20 heavy (non-hydrogen) atoms. The van der Waals surface area contributed by atoms with E-state index in [1.165, 1.54) is 5.56 Å². The van der Waals surface area contributed by atoms with E-state index >= 15 is 0 Å². The van der Waals surface area contributed by atoms with Crippen molar-refractivity contribution in [2.75, 3.05) is 0 Å². The molecule has 0 saturated heterocycles. The summed E-state index contributed by atoms with van der Waals surface area (Å²) in [6, 6.07) is 16.2. The molecule has 0 atom stereocenters. The Hall–Kier alpha value is -1.89. The van der Waals surface area contributed by atoms with Gasteiger partial charge in [-0.05, 0) is 29.5 Å². The summed E-state index contributed by atoms with van der Waals surface area (Å²) in [6.07, 6.45) is 0.466. The molecular formula is C19H22O. The first-order chi connectivity index (χ1) is 9.36. The summed E-state index contributed by atoms with van der Waals surface area (Å²) in [5.74, 6) is 0.178. The molecule has 2 aromatic carbocycles. The Kier molecular flexibility index (Phi) is 4.08. The second kappa shape index (κ2) is 5.62. The van der Waals surface area contributed by atoms with E-state index in [-0.39, 0.29) is 11.2 Å². The van der Waals surface area contributed by atoms with Crippen LogP contribution in [0.2, 0.25) is 0 Å². The topological polar surface area (TPSA) is 17.1 Å². The molecule has 0 aliphatic rings. The Morgan fingerprint density at radius 1 is 1.00 bits per heavy atom. The van der Waals surface area contributed by atoms with Crippen LogP contribution in [0.3, 0.4) is 0 Å². The maximum absolute atomic E-state index is 12.2. The number of ketones is 1. The van der Waals surface area contributed by atoms with E-state index in [0.717, 1.165) is 16.7 Å². The fourth-order valence-corrected chi connectivity index (χ4v) is 2.23. The van der Waals surface area contributed by atoms with Crippen molar-refractivity contribution in [3.63, 3.8) is 0 Å². The average molecular weight is 266 g/mol. The van der Waals surface area contributed by atoms with Crippen molar-refractivity contribution in [3.05, 3.63) is 70.8 Å². The molecule has 0 amide bonds. The zero-order valence-electron chi connectivity index (χ0n) is 12.7. The Balaban J connectivity index is 2.12. The third kappa shape index (κ3) is 3.57. The van der Waals surface area contributed by atoms with Gasteiger partial charge in [-0.2, -0.15) is 0 Å². The molecule has 0 spiro atoms. The number of rotatable bonds is 3. The molecule has 0 radical (unpaired) electrons. The molecule has 1 heteroatoms. The van der Waals surface area contributed by atoms with Gasteiger partial charge in [0.25, 0.3) is 0 Å². The number of Topliss-reactive ketones (excluding diaryl/α,β-unsaturated/α-hetero) is 1. The van der Waals surface area contributed by atoms with Crippen molar-refractivity contribution >= 4 is 5.78 Å². The molecule has 2 rings (SSSR count). The molecule has 0 N–H and O–H groups in total. The lowest BCUT2D eigenvalue weighted by atomic mass is 9.86. The number of aryl methyl sites for hydroxylation is 1. The summed E-state index contributed by atoms with van der Waals surface area (Å²) in [6.45, 7) is 8.59. The summed E-state index contributed by atoms with van der Waals surface area (Å²) in [5.41, 5.74) is 4.44. The first-order valence-electron chi connectivity index (χ1n) is 7.05. The molecule has 2 aromatic rings. The highest BCUT2D eigenvalue weighted by Gasteiger charge is 2.13. The Morgan fingerprint density at radius 3 is 2.20 bits per heavy atom. The fraction of sp³-hybridized carbons (Fsp3) is 0.316. The van der Waals surface area contributed by atoms with Gasteiger partial charge in [0.15, 0.2) is 5.78 Å². The summed E-state index contributed by atoms with van der Waals surface area (Å²) in [4.78, 5) is 12.2. The second-order valence-corrected chi connectivity index (χ2v) is 6.42. The number of hydrogen-bond donors (Lipinski definition) is 0. The SMILES string of the molecule is Cc1cccc(C(=O)Cc2ccc(C(C)(C)C)cc2)c1. The van der Waals surface area contributed by atoms with Crippen LogP contribution < -0.4 is 0 Å². The quantitative estimate of drug-likeness (QED) is 0.735. The van der Waals surface area contributed by atoms with Gasteiger partial charge >= 0.3 is 0 Å². The number of hydrogen-bond acceptors (Lipinski definition) is 1. The minimum absolute atomic E-state index is 0.152. The van der Waals surface area contributed by atoms with Gasteiger partial charge in [0.05, 0.1) is 0 Å². The zero-order valence-corrected chi connectivity index (χ0v) is 12.7. The molecule has 0 fully saturated rings. The Morgan fingerprint density at radius 2 is 1.65 bits per heavy atom. The van der Waals surface area contributed by atoms with E-state index in [9.17, 15) is 4.79 Å². The van der Waals surface area contributed by atoms with Crippen molar-refractivity contribution in [2.24, 2.45) is 0 Å². The molecule has 0 aliphatic carbocycles. The van der Waals surface area contributed by atoms with Crippen LogP contribution in [0, 0.1) is 6.92 Å². The minimum atomic E-state index is 0.152. The highest BCUT2D eigenvalue weighted by atomic mass is 16.1. The highest BCUT2D eigenvalue weighted by molar-refractivity contribution is 5.97. The lowest BCUT2D eigenvalue weighted by Gasteiger charge is -2.19. The molecule has 1 nitrogen and oxygen atoms in total. The maximum Gasteiger partial charge on any atom is 0.167 e. The summed E-state index contributed by atoms with van der Waals surface area (Å²) >= 11 is 0. The molecule has 0 heterocycles. The van der Waals surface area contributed by atoms with E-state index in [1.54, 1.807) is 0 Å². The van der Waals surface area contributed by atoms with Crippen molar-refractivity contribution in [1.82, 2.24) is 0 Å². The number of carbonyl (C=O) groups is 1. The van der Waals surface area contributed by atoms with Gasteiger partial charge < -0.3 is 0 Å². The number of benzene rings is 2. The van der Waals surface area contributed by atoms with Gasteiger partial charge in [-0.1, -0.05) is 68.8 Å². The predicted octanol–water partition coefficient (Wildman–Crippen LogP) is 4.72.